The summed E-state index contributed by atoms with van der Waals surface area (Å²) in [5.74, 6) is 1.87. The molecule has 6 nitrogen and oxygen atoms in total. The number of hydrogen-bond donors (Lipinski definition) is 3. The van der Waals surface area contributed by atoms with Crippen molar-refractivity contribution >= 4 is 29.9 Å². The number of aromatic hydroxyl groups is 1. The van der Waals surface area contributed by atoms with E-state index in [0.29, 0.717) is 19.7 Å². The number of nitrogens with zero attached hydrogens (tertiary/aromatic N) is 1. The third-order valence-electron chi connectivity index (χ3n) is 4.53. The zero-order valence-corrected chi connectivity index (χ0v) is 19.3. The Balaban J connectivity index is 0.00000300. The van der Waals surface area contributed by atoms with Crippen LogP contribution in [-0.4, -0.2) is 36.9 Å². The van der Waals surface area contributed by atoms with E-state index in [1.165, 1.54) is 5.56 Å². The maximum Gasteiger partial charge on any atom is 0.191 e. The largest absolute Gasteiger partial charge is 0.508 e. The third-order valence-corrected chi connectivity index (χ3v) is 4.53. The molecule has 3 rings (SSSR count). The van der Waals surface area contributed by atoms with Gasteiger partial charge in [-0.3, -0.25) is 0 Å². The number of phenols is 1. The van der Waals surface area contributed by atoms with Crippen LogP contribution in [0.1, 0.15) is 30.0 Å². The molecular formula is C22H30IN3O3. The van der Waals surface area contributed by atoms with Gasteiger partial charge in [0.1, 0.15) is 17.6 Å². The van der Waals surface area contributed by atoms with Crippen molar-refractivity contribution in [3.63, 3.8) is 0 Å². The highest BCUT2D eigenvalue weighted by Crippen LogP contribution is 2.23. The minimum absolute atomic E-state index is 0. The van der Waals surface area contributed by atoms with Gasteiger partial charge >= 0.3 is 0 Å². The summed E-state index contributed by atoms with van der Waals surface area (Å²) in [7, 11) is 0. The summed E-state index contributed by atoms with van der Waals surface area (Å²) in [5, 5.41) is 16.2. The maximum atomic E-state index is 9.60. The van der Waals surface area contributed by atoms with E-state index in [9.17, 15) is 5.11 Å². The SMILES string of the molecule is CCNC(=NCc1cccc(O)c1)NCc1ccc(C)cc1OC1CCOC1.I. The topological polar surface area (TPSA) is 75.1 Å². The van der Waals surface area contributed by atoms with Crippen molar-refractivity contribution in [1.82, 2.24) is 10.6 Å². The molecule has 2 aromatic carbocycles. The molecule has 1 fully saturated rings. The number of hydrogen-bond acceptors (Lipinski definition) is 4. The third kappa shape index (κ3) is 7.40. The predicted octanol–water partition coefficient (Wildman–Crippen LogP) is 3.74. The fourth-order valence-electron chi connectivity index (χ4n) is 3.05. The summed E-state index contributed by atoms with van der Waals surface area (Å²) in [6.07, 6.45) is 1.04. The van der Waals surface area contributed by atoms with Crippen molar-refractivity contribution in [2.24, 2.45) is 4.99 Å². The van der Waals surface area contributed by atoms with Crippen LogP contribution in [0.4, 0.5) is 0 Å². The summed E-state index contributed by atoms with van der Waals surface area (Å²) in [6.45, 7) is 7.37. The molecule has 0 spiro atoms. The number of halogens is 1. The zero-order valence-electron chi connectivity index (χ0n) is 17.0. The second kappa shape index (κ2) is 11.9. The summed E-state index contributed by atoms with van der Waals surface area (Å²) < 4.78 is 11.6. The quantitative estimate of drug-likeness (QED) is 0.300. The van der Waals surface area contributed by atoms with E-state index in [1.54, 1.807) is 12.1 Å². The van der Waals surface area contributed by atoms with E-state index in [4.69, 9.17) is 9.47 Å². The van der Waals surface area contributed by atoms with Gasteiger partial charge in [-0.15, -0.1) is 24.0 Å². The van der Waals surface area contributed by atoms with E-state index in [1.807, 2.05) is 19.1 Å². The van der Waals surface area contributed by atoms with Gasteiger partial charge in [0, 0.05) is 25.1 Å². The number of phenolic OH excluding ortho intramolecular Hbond substituents is 1. The minimum atomic E-state index is 0. The second-order valence-corrected chi connectivity index (χ2v) is 6.93. The molecule has 29 heavy (non-hydrogen) atoms. The van der Waals surface area contributed by atoms with Gasteiger partial charge in [0.2, 0.25) is 0 Å². The Bertz CT molecular complexity index is 808. The highest BCUT2D eigenvalue weighted by molar-refractivity contribution is 14.0. The number of rotatable bonds is 7. The maximum absolute atomic E-state index is 9.60. The lowest BCUT2D eigenvalue weighted by atomic mass is 10.1. The molecule has 0 radical (unpaired) electrons. The van der Waals surface area contributed by atoms with Gasteiger partial charge in [0.15, 0.2) is 5.96 Å². The van der Waals surface area contributed by atoms with Crippen LogP contribution >= 0.6 is 24.0 Å². The molecule has 0 saturated carbocycles. The molecule has 7 heteroatoms. The van der Waals surface area contributed by atoms with Crippen molar-refractivity contribution in [2.45, 2.75) is 39.5 Å². The van der Waals surface area contributed by atoms with Gasteiger partial charge in [-0.1, -0.05) is 24.3 Å². The monoisotopic (exact) mass is 511 g/mol. The Morgan fingerprint density at radius 1 is 1.24 bits per heavy atom. The molecule has 0 amide bonds. The van der Waals surface area contributed by atoms with Crippen LogP contribution in [0.25, 0.3) is 0 Å². The first kappa shape index (κ1) is 23.3. The Labute approximate surface area is 189 Å². The van der Waals surface area contributed by atoms with Crippen molar-refractivity contribution in [2.75, 3.05) is 19.8 Å². The summed E-state index contributed by atoms with van der Waals surface area (Å²) in [4.78, 5) is 4.61. The summed E-state index contributed by atoms with van der Waals surface area (Å²) in [5.41, 5.74) is 3.21. The fraction of sp³-hybridized carbons (Fsp3) is 0.409. The molecule has 1 atom stereocenters. The molecule has 1 heterocycles. The Hall–Kier alpha value is -2.00. The van der Waals surface area contributed by atoms with Crippen LogP contribution in [0.2, 0.25) is 0 Å². The molecular weight excluding hydrogens is 481 g/mol. The number of aliphatic imine (C=N–C) groups is 1. The van der Waals surface area contributed by atoms with E-state index < -0.39 is 0 Å². The Kier molecular flexibility index (Phi) is 9.53. The fourth-order valence-corrected chi connectivity index (χ4v) is 3.05. The van der Waals surface area contributed by atoms with Crippen molar-refractivity contribution in [3.05, 3.63) is 59.2 Å². The standard InChI is InChI=1S/C22H29N3O3.HI/c1-3-23-22(24-13-17-5-4-6-19(26)12-17)25-14-18-8-7-16(2)11-21(18)28-20-9-10-27-15-20;/h4-8,11-12,20,26H,3,9-10,13-15H2,1-2H3,(H2,23,24,25);1H. The summed E-state index contributed by atoms with van der Waals surface area (Å²) in [6, 6.07) is 13.4. The van der Waals surface area contributed by atoms with Gasteiger partial charge in [0.05, 0.1) is 19.8 Å². The molecule has 0 aromatic heterocycles. The lowest BCUT2D eigenvalue weighted by Crippen LogP contribution is -2.37. The zero-order chi connectivity index (χ0) is 19.8. The molecule has 2 aromatic rings. The lowest BCUT2D eigenvalue weighted by Gasteiger charge is -2.18. The van der Waals surface area contributed by atoms with Gasteiger partial charge in [-0.25, -0.2) is 4.99 Å². The van der Waals surface area contributed by atoms with Crippen LogP contribution in [0.5, 0.6) is 11.5 Å². The highest BCUT2D eigenvalue weighted by Gasteiger charge is 2.18. The molecule has 1 saturated heterocycles. The summed E-state index contributed by atoms with van der Waals surface area (Å²) >= 11 is 0. The lowest BCUT2D eigenvalue weighted by molar-refractivity contribution is 0.140. The van der Waals surface area contributed by atoms with E-state index in [-0.39, 0.29) is 35.8 Å². The number of ether oxygens (including phenoxy) is 2. The van der Waals surface area contributed by atoms with Crippen LogP contribution in [0, 0.1) is 6.92 Å². The second-order valence-electron chi connectivity index (χ2n) is 6.93. The average Bonchev–Trinajstić information content (AvgIpc) is 3.18. The van der Waals surface area contributed by atoms with Crippen molar-refractivity contribution in [3.8, 4) is 11.5 Å². The Morgan fingerprint density at radius 3 is 2.83 bits per heavy atom. The van der Waals surface area contributed by atoms with Crippen LogP contribution < -0.4 is 15.4 Å². The van der Waals surface area contributed by atoms with Gasteiger partial charge in [-0.2, -0.15) is 0 Å². The Morgan fingerprint density at radius 2 is 2.10 bits per heavy atom. The normalized spacial score (nSPS) is 16.2. The number of guanidine groups is 1. The van der Waals surface area contributed by atoms with Gasteiger partial charge in [0.25, 0.3) is 0 Å². The number of benzene rings is 2. The molecule has 158 valence electrons. The highest BCUT2D eigenvalue weighted by atomic mass is 127. The first-order chi connectivity index (χ1) is 13.6. The first-order valence-corrected chi connectivity index (χ1v) is 9.78. The van der Waals surface area contributed by atoms with Crippen LogP contribution in [0.3, 0.4) is 0 Å². The molecule has 1 unspecified atom stereocenters. The van der Waals surface area contributed by atoms with E-state index >= 15 is 0 Å². The molecule has 0 bridgehead atoms. The van der Waals surface area contributed by atoms with Gasteiger partial charge < -0.3 is 25.2 Å². The molecule has 0 aliphatic carbocycles. The van der Waals surface area contributed by atoms with Gasteiger partial charge in [-0.05, 0) is 43.2 Å². The molecule has 1 aliphatic rings. The van der Waals surface area contributed by atoms with Crippen molar-refractivity contribution < 1.29 is 14.6 Å². The van der Waals surface area contributed by atoms with E-state index in [2.05, 4.69) is 40.7 Å². The smallest absolute Gasteiger partial charge is 0.191 e. The van der Waals surface area contributed by atoms with E-state index in [0.717, 1.165) is 42.4 Å². The molecule has 1 aliphatic heterocycles. The number of nitrogens with one attached hydrogen (secondary N) is 2. The predicted molar refractivity (Wildman–Crippen MR) is 126 cm³/mol. The van der Waals surface area contributed by atoms with Crippen molar-refractivity contribution in [1.29, 1.82) is 0 Å². The van der Waals surface area contributed by atoms with Crippen LogP contribution in [-0.2, 0) is 17.8 Å². The minimum Gasteiger partial charge on any atom is -0.508 e. The molecule has 3 N–H and O–H groups in total. The number of aryl methyl sites for hydroxylation is 1. The van der Waals surface area contributed by atoms with Crippen LogP contribution in [0.15, 0.2) is 47.5 Å². The average molecular weight is 511 g/mol. The first-order valence-electron chi connectivity index (χ1n) is 9.78.